The molecule has 0 amide bonds. The van der Waals surface area contributed by atoms with E-state index < -0.39 is 12.2 Å². The van der Waals surface area contributed by atoms with E-state index in [-0.39, 0.29) is 0 Å². The van der Waals surface area contributed by atoms with Gasteiger partial charge in [-0.2, -0.15) is 0 Å². The van der Waals surface area contributed by atoms with Crippen molar-refractivity contribution in [2.24, 2.45) is 0 Å². The van der Waals surface area contributed by atoms with E-state index in [0.29, 0.717) is 24.1 Å². The maximum absolute atomic E-state index is 9.32. The molecule has 2 N–H and O–H groups in total. The van der Waals surface area contributed by atoms with E-state index in [4.69, 9.17) is 11.6 Å². The molecule has 0 bridgehead atoms. The number of likely N-dealkylation sites (tertiary alicyclic amines) is 1. The molecule has 2 heterocycles. The van der Waals surface area contributed by atoms with Crippen LogP contribution in [0.15, 0.2) is 6.20 Å². The van der Waals surface area contributed by atoms with E-state index >= 15 is 0 Å². The van der Waals surface area contributed by atoms with Crippen LogP contribution in [-0.2, 0) is 6.54 Å². The van der Waals surface area contributed by atoms with Crippen LogP contribution in [0.25, 0.3) is 0 Å². The average Bonchev–Trinajstić information content (AvgIpc) is 2.62. The number of rotatable bonds is 2. The van der Waals surface area contributed by atoms with Gasteiger partial charge in [-0.3, -0.25) is 4.90 Å². The molecule has 0 radical (unpaired) electrons. The second-order valence-corrected chi connectivity index (χ2v) is 5.11. The summed E-state index contributed by atoms with van der Waals surface area (Å²) in [6.45, 7) is 1.71. The number of aliphatic hydroxyl groups excluding tert-OH is 2. The lowest BCUT2D eigenvalue weighted by Crippen LogP contribution is -2.22. The van der Waals surface area contributed by atoms with Crippen molar-refractivity contribution < 1.29 is 10.2 Å². The van der Waals surface area contributed by atoms with Gasteiger partial charge >= 0.3 is 0 Å². The lowest BCUT2D eigenvalue weighted by molar-refractivity contribution is 0.0572. The van der Waals surface area contributed by atoms with Crippen LogP contribution in [0, 0.1) is 0 Å². The highest BCUT2D eigenvalue weighted by Gasteiger charge is 2.29. The summed E-state index contributed by atoms with van der Waals surface area (Å²) in [5.41, 5.74) is 0. The van der Waals surface area contributed by atoms with Gasteiger partial charge in [0, 0.05) is 30.7 Å². The van der Waals surface area contributed by atoms with Gasteiger partial charge in [-0.05, 0) is 0 Å². The van der Waals surface area contributed by atoms with E-state index in [9.17, 15) is 10.2 Å². The summed E-state index contributed by atoms with van der Waals surface area (Å²) in [5, 5.41) is 18.6. The third-order valence-electron chi connectivity index (χ3n) is 2.24. The van der Waals surface area contributed by atoms with Gasteiger partial charge in [0.05, 0.1) is 12.2 Å². The first-order chi connectivity index (χ1) is 6.65. The van der Waals surface area contributed by atoms with Crippen molar-refractivity contribution in [3.63, 3.8) is 0 Å². The first kappa shape index (κ1) is 10.3. The van der Waals surface area contributed by atoms with Gasteiger partial charge in [-0.1, -0.05) is 11.6 Å². The van der Waals surface area contributed by atoms with Gasteiger partial charge < -0.3 is 10.2 Å². The van der Waals surface area contributed by atoms with E-state index in [0.717, 1.165) is 4.88 Å². The fourth-order valence-electron chi connectivity index (χ4n) is 1.55. The molecular formula is C8H11ClN2O2S. The van der Waals surface area contributed by atoms with Crippen molar-refractivity contribution in [3.8, 4) is 0 Å². The molecule has 78 valence electrons. The quantitative estimate of drug-likeness (QED) is 0.775. The van der Waals surface area contributed by atoms with Crippen molar-refractivity contribution >= 4 is 22.9 Å². The summed E-state index contributed by atoms with van der Waals surface area (Å²) >= 11 is 7.12. The van der Waals surface area contributed by atoms with Gasteiger partial charge in [-0.25, -0.2) is 4.98 Å². The lowest BCUT2D eigenvalue weighted by Gasteiger charge is -2.12. The number of hydrogen-bond acceptors (Lipinski definition) is 5. The third-order valence-corrected chi connectivity index (χ3v) is 3.34. The number of halogens is 1. The van der Waals surface area contributed by atoms with Gasteiger partial charge in [0.25, 0.3) is 0 Å². The molecule has 14 heavy (non-hydrogen) atoms. The molecule has 1 fully saturated rings. The molecule has 4 nitrogen and oxygen atoms in total. The topological polar surface area (TPSA) is 56.6 Å². The fourth-order valence-corrected chi connectivity index (χ4v) is 2.57. The first-order valence-corrected chi connectivity index (χ1v) is 5.53. The molecule has 1 aromatic rings. The smallest absolute Gasteiger partial charge is 0.183 e. The number of nitrogens with zero attached hydrogens (tertiary/aromatic N) is 2. The van der Waals surface area contributed by atoms with Gasteiger partial charge in [0.2, 0.25) is 0 Å². The summed E-state index contributed by atoms with van der Waals surface area (Å²) in [7, 11) is 0. The van der Waals surface area contributed by atoms with Gasteiger partial charge in [-0.15, -0.1) is 11.3 Å². The Morgan fingerprint density at radius 1 is 1.50 bits per heavy atom. The molecule has 1 aromatic heterocycles. The maximum atomic E-state index is 9.32. The van der Waals surface area contributed by atoms with E-state index in [1.165, 1.54) is 11.3 Å². The number of aromatic nitrogens is 1. The number of β-amino-alcohol motifs (C(OH)–C–C–N with tert-alkyl or cyclic N) is 2. The molecule has 0 spiro atoms. The zero-order chi connectivity index (χ0) is 10.1. The zero-order valence-corrected chi connectivity index (χ0v) is 9.00. The molecular weight excluding hydrogens is 224 g/mol. The predicted octanol–water partition coefficient (Wildman–Crippen LogP) is 0.334. The van der Waals surface area contributed by atoms with Crippen LogP contribution in [-0.4, -0.2) is 45.4 Å². The van der Waals surface area contributed by atoms with Crippen molar-refractivity contribution in [3.05, 3.63) is 15.5 Å². The highest BCUT2D eigenvalue weighted by Crippen LogP contribution is 2.21. The Labute approximate surface area is 90.8 Å². The Hall–Kier alpha value is -0.200. The summed E-state index contributed by atoms with van der Waals surface area (Å²) in [4.78, 5) is 6.97. The molecule has 2 rings (SSSR count). The predicted molar refractivity (Wildman–Crippen MR) is 54.4 cm³/mol. The summed E-state index contributed by atoms with van der Waals surface area (Å²) in [6, 6.07) is 0. The molecule has 2 unspecified atom stereocenters. The van der Waals surface area contributed by atoms with E-state index in [1.54, 1.807) is 6.20 Å². The van der Waals surface area contributed by atoms with Crippen molar-refractivity contribution in [2.75, 3.05) is 13.1 Å². The Morgan fingerprint density at radius 3 is 2.64 bits per heavy atom. The van der Waals surface area contributed by atoms with Crippen LogP contribution >= 0.6 is 22.9 Å². The van der Waals surface area contributed by atoms with Crippen molar-refractivity contribution in [1.82, 2.24) is 9.88 Å². The van der Waals surface area contributed by atoms with Crippen LogP contribution < -0.4 is 0 Å². The minimum Gasteiger partial charge on any atom is -0.389 e. The molecule has 2 atom stereocenters. The largest absolute Gasteiger partial charge is 0.389 e. The van der Waals surface area contributed by atoms with E-state index in [1.807, 2.05) is 4.90 Å². The Bertz CT molecular complexity index is 310. The van der Waals surface area contributed by atoms with Gasteiger partial charge in [0.15, 0.2) is 4.47 Å². The Balaban J connectivity index is 1.93. The van der Waals surface area contributed by atoms with Crippen LogP contribution in [0.3, 0.4) is 0 Å². The summed E-state index contributed by atoms with van der Waals surface area (Å²) in [5.74, 6) is 0. The van der Waals surface area contributed by atoms with E-state index in [2.05, 4.69) is 4.98 Å². The molecule has 1 aliphatic rings. The molecule has 0 aliphatic carbocycles. The zero-order valence-electron chi connectivity index (χ0n) is 7.43. The summed E-state index contributed by atoms with van der Waals surface area (Å²) in [6.07, 6.45) is 0.473. The SMILES string of the molecule is OC1CN(Cc2cnc(Cl)s2)CC1O. The van der Waals surface area contributed by atoms with Crippen LogP contribution in [0.5, 0.6) is 0 Å². The summed E-state index contributed by atoms with van der Waals surface area (Å²) < 4.78 is 0.528. The Kier molecular flexibility index (Phi) is 3.04. The standard InChI is InChI=1S/C8H11ClN2O2S/c9-8-10-1-5(14-8)2-11-3-6(12)7(13)4-11/h1,6-7,12-13H,2-4H2. The van der Waals surface area contributed by atoms with Crippen LogP contribution in [0.1, 0.15) is 4.88 Å². The fraction of sp³-hybridized carbons (Fsp3) is 0.625. The van der Waals surface area contributed by atoms with Crippen molar-refractivity contribution in [1.29, 1.82) is 0 Å². The number of thiazole rings is 1. The molecule has 0 saturated carbocycles. The van der Waals surface area contributed by atoms with Crippen molar-refractivity contribution in [2.45, 2.75) is 18.8 Å². The molecule has 6 heteroatoms. The maximum Gasteiger partial charge on any atom is 0.183 e. The highest BCUT2D eigenvalue weighted by atomic mass is 35.5. The lowest BCUT2D eigenvalue weighted by atomic mass is 10.3. The minimum atomic E-state index is -0.626. The minimum absolute atomic E-state index is 0.511. The number of aliphatic hydroxyl groups is 2. The number of hydrogen-bond donors (Lipinski definition) is 2. The van der Waals surface area contributed by atoms with Crippen LogP contribution in [0.2, 0.25) is 4.47 Å². The first-order valence-electron chi connectivity index (χ1n) is 4.34. The van der Waals surface area contributed by atoms with Gasteiger partial charge in [0.1, 0.15) is 0 Å². The molecule has 1 aliphatic heterocycles. The molecule has 0 aromatic carbocycles. The monoisotopic (exact) mass is 234 g/mol. The second-order valence-electron chi connectivity index (χ2n) is 3.41. The third kappa shape index (κ3) is 2.24. The molecule has 1 saturated heterocycles. The highest BCUT2D eigenvalue weighted by molar-refractivity contribution is 7.15. The Morgan fingerprint density at radius 2 is 2.14 bits per heavy atom. The average molecular weight is 235 g/mol. The second kappa shape index (κ2) is 4.12. The normalized spacial score (nSPS) is 28.5. The van der Waals surface area contributed by atoms with Crippen LogP contribution in [0.4, 0.5) is 0 Å².